The van der Waals surface area contributed by atoms with Gasteiger partial charge in [-0.05, 0) is 36.4 Å². The number of benzene rings is 3. The van der Waals surface area contributed by atoms with E-state index in [9.17, 15) is 14.4 Å². The van der Waals surface area contributed by atoms with Gasteiger partial charge < -0.3 is 25.4 Å². The van der Waals surface area contributed by atoms with Crippen molar-refractivity contribution < 1.29 is 23.9 Å². The number of nitrogens with one attached hydrogen (secondary N) is 3. The summed E-state index contributed by atoms with van der Waals surface area (Å²) in [6.45, 7) is 1.76. The largest absolute Gasteiger partial charge is 0.494 e. The van der Waals surface area contributed by atoms with E-state index < -0.39 is 0 Å². The minimum absolute atomic E-state index is 0.108. The second-order valence-corrected chi connectivity index (χ2v) is 7.01. The zero-order chi connectivity index (χ0) is 23.8. The van der Waals surface area contributed by atoms with Crippen LogP contribution in [0, 0.1) is 0 Å². The Balaban J connectivity index is 1.79. The van der Waals surface area contributed by atoms with Gasteiger partial charge in [-0.15, -0.1) is 0 Å². The number of ether oxygens (including phenoxy) is 2. The molecular formula is C25H25N3O5. The van der Waals surface area contributed by atoms with Crippen molar-refractivity contribution in [2.45, 2.75) is 13.3 Å². The summed E-state index contributed by atoms with van der Waals surface area (Å²) in [6.07, 6.45) is 0.367. The summed E-state index contributed by atoms with van der Waals surface area (Å²) in [6, 6.07) is 18.5. The van der Waals surface area contributed by atoms with E-state index in [0.717, 1.165) is 0 Å². The molecule has 0 aliphatic heterocycles. The average molecular weight is 447 g/mol. The second kappa shape index (κ2) is 10.8. The van der Waals surface area contributed by atoms with E-state index in [0.29, 0.717) is 46.1 Å². The first-order valence-corrected chi connectivity index (χ1v) is 10.3. The van der Waals surface area contributed by atoms with Crippen molar-refractivity contribution in [3.8, 4) is 11.5 Å². The number of methoxy groups -OCH3 is 2. The third-order valence-electron chi connectivity index (χ3n) is 4.81. The van der Waals surface area contributed by atoms with Gasteiger partial charge >= 0.3 is 0 Å². The Kier molecular flexibility index (Phi) is 7.64. The zero-order valence-electron chi connectivity index (χ0n) is 18.6. The van der Waals surface area contributed by atoms with Crippen LogP contribution in [0.2, 0.25) is 0 Å². The number of rotatable bonds is 8. The normalized spacial score (nSPS) is 10.2. The molecule has 170 valence electrons. The lowest BCUT2D eigenvalue weighted by Gasteiger charge is -2.16. The highest BCUT2D eigenvalue weighted by atomic mass is 16.5. The van der Waals surface area contributed by atoms with Crippen LogP contribution >= 0.6 is 0 Å². The first-order chi connectivity index (χ1) is 15.9. The summed E-state index contributed by atoms with van der Waals surface area (Å²) in [7, 11) is 2.93. The van der Waals surface area contributed by atoms with Gasteiger partial charge in [-0.2, -0.15) is 0 Å². The van der Waals surface area contributed by atoms with Crippen LogP contribution in [-0.2, 0) is 4.79 Å². The summed E-state index contributed by atoms with van der Waals surface area (Å²) >= 11 is 0. The molecule has 0 aromatic heterocycles. The number of carbonyl (C=O) groups is 3. The molecule has 3 aromatic carbocycles. The Hall–Kier alpha value is -4.33. The Morgan fingerprint density at radius 2 is 1.18 bits per heavy atom. The van der Waals surface area contributed by atoms with E-state index in [-0.39, 0.29) is 17.7 Å². The molecule has 0 atom stereocenters. The summed E-state index contributed by atoms with van der Waals surface area (Å²) in [4.78, 5) is 36.8. The minimum atomic E-state index is -0.371. The van der Waals surface area contributed by atoms with Gasteiger partial charge in [-0.1, -0.05) is 25.1 Å². The maximum atomic E-state index is 12.8. The molecule has 0 bridgehead atoms. The molecule has 3 amide bonds. The highest BCUT2D eigenvalue weighted by Crippen LogP contribution is 2.37. The molecule has 0 radical (unpaired) electrons. The Labute approximate surface area is 191 Å². The highest BCUT2D eigenvalue weighted by Gasteiger charge is 2.17. The van der Waals surface area contributed by atoms with Crippen molar-refractivity contribution in [3.63, 3.8) is 0 Å². The van der Waals surface area contributed by atoms with Crippen LogP contribution in [0.1, 0.15) is 34.1 Å². The van der Waals surface area contributed by atoms with Gasteiger partial charge in [0.25, 0.3) is 11.8 Å². The smallest absolute Gasteiger partial charge is 0.255 e. The van der Waals surface area contributed by atoms with Crippen molar-refractivity contribution in [2.24, 2.45) is 0 Å². The third kappa shape index (κ3) is 5.88. The molecule has 33 heavy (non-hydrogen) atoms. The quantitative estimate of drug-likeness (QED) is 0.470. The maximum Gasteiger partial charge on any atom is 0.255 e. The average Bonchev–Trinajstić information content (AvgIpc) is 2.85. The fourth-order valence-corrected chi connectivity index (χ4v) is 3.03. The summed E-state index contributed by atoms with van der Waals surface area (Å²) in [5.74, 6) is -0.0800. The van der Waals surface area contributed by atoms with Crippen LogP contribution in [0.15, 0.2) is 66.7 Å². The second-order valence-electron chi connectivity index (χ2n) is 7.01. The summed E-state index contributed by atoms with van der Waals surface area (Å²) in [5, 5.41) is 8.32. The number of anilines is 3. The molecule has 8 heteroatoms. The first-order valence-electron chi connectivity index (χ1n) is 10.3. The molecule has 0 fully saturated rings. The van der Waals surface area contributed by atoms with Crippen LogP contribution in [0.4, 0.5) is 17.1 Å². The molecule has 0 saturated carbocycles. The van der Waals surface area contributed by atoms with E-state index >= 15 is 0 Å². The lowest BCUT2D eigenvalue weighted by atomic mass is 10.1. The monoisotopic (exact) mass is 447 g/mol. The molecule has 3 rings (SSSR count). The number of amides is 3. The molecule has 0 saturated heterocycles. The minimum Gasteiger partial charge on any atom is -0.494 e. The zero-order valence-corrected chi connectivity index (χ0v) is 18.6. The van der Waals surface area contributed by atoms with Crippen LogP contribution in [0.25, 0.3) is 0 Å². The van der Waals surface area contributed by atoms with E-state index in [2.05, 4.69) is 16.0 Å². The standard InChI is InChI=1S/C25H25N3O5/c1-4-23(29)26-18-12-10-17(11-13-18)25(31)28-20-15-21(32-2)19(14-22(20)33-3)27-24(30)16-8-6-5-7-9-16/h5-15H,4H2,1-3H3,(H,26,29)(H,27,30)(H,28,31). The number of hydrogen-bond donors (Lipinski definition) is 3. The van der Waals surface area contributed by atoms with Gasteiger partial charge in [0.1, 0.15) is 11.5 Å². The van der Waals surface area contributed by atoms with Gasteiger partial charge in [-0.25, -0.2) is 0 Å². The molecule has 0 spiro atoms. The predicted octanol–water partition coefficient (Wildman–Crippen LogP) is 4.56. The van der Waals surface area contributed by atoms with Gasteiger partial charge in [0.15, 0.2) is 0 Å². The van der Waals surface area contributed by atoms with Gasteiger partial charge in [0.2, 0.25) is 5.91 Å². The van der Waals surface area contributed by atoms with E-state index in [1.165, 1.54) is 14.2 Å². The van der Waals surface area contributed by atoms with Crippen LogP contribution < -0.4 is 25.4 Å². The molecule has 3 N–H and O–H groups in total. The van der Waals surface area contributed by atoms with E-state index in [4.69, 9.17) is 9.47 Å². The van der Waals surface area contributed by atoms with Crippen molar-refractivity contribution in [1.29, 1.82) is 0 Å². The molecule has 0 heterocycles. The van der Waals surface area contributed by atoms with Crippen LogP contribution in [-0.4, -0.2) is 31.9 Å². The lowest BCUT2D eigenvalue weighted by Crippen LogP contribution is -2.15. The first kappa shape index (κ1) is 23.3. The fraction of sp³-hybridized carbons (Fsp3) is 0.160. The SMILES string of the molecule is CCC(=O)Nc1ccc(C(=O)Nc2cc(OC)c(NC(=O)c3ccccc3)cc2OC)cc1. The Morgan fingerprint density at radius 3 is 1.64 bits per heavy atom. The maximum absolute atomic E-state index is 12.8. The van der Waals surface area contributed by atoms with E-state index in [1.807, 2.05) is 6.07 Å². The van der Waals surface area contributed by atoms with Gasteiger partial charge in [0.05, 0.1) is 25.6 Å². The molecule has 0 unspecified atom stereocenters. The topological polar surface area (TPSA) is 106 Å². The molecule has 3 aromatic rings. The van der Waals surface area contributed by atoms with Crippen LogP contribution in [0.3, 0.4) is 0 Å². The van der Waals surface area contributed by atoms with E-state index in [1.54, 1.807) is 67.6 Å². The molecule has 0 aliphatic rings. The molecular weight excluding hydrogens is 422 g/mol. The van der Waals surface area contributed by atoms with Gasteiger partial charge in [-0.3, -0.25) is 14.4 Å². The number of carbonyl (C=O) groups excluding carboxylic acids is 3. The van der Waals surface area contributed by atoms with Crippen molar-refractivity contribution in [3.05, 3.63) is 77.9 Å². The van der Waals surface area contributed by atoms with Crippen LogP contribution in [0.5, 0.6) is 11.5 Å². The fourth-order valence-electron chi connectivity index (χ4n) is 3.03. The van der Waals surface area contributed by atoms with Crippen molar-refractivity contribution in [1.82, 2.24) is 0 Å². The molecule has 8 nitrogen and oxygen atoms in total. The number of hydrogen-bond acceptors (Lipinski definition) is 5. The Bertz CT molecular complexity index is 1140. The van der Waals surface area contributed by atoms with Crippen molar-refractivity contribution >= 4 is 34.8 Å². The Morgan fingerprint density at radius 1 is 0.697 bits per heavy atom. The predicted molar refractivity (Wildman–Crippen MR) is 127 cm³/mol. The summed E-state index contributed by atoms with van der Waals surface area (Å²) in [5.41, 5.74) is 2.27. The highest BCUT2D eigenvalue weighted by molar-refractivity contribution is 6.07. The third-order valence-corrected chi connectivity index (χ3v) is 4.81. The lowest BCUT2D eigenvalue weighted by molar-refractivity contribution is -0.115. The van der Waals surface area contributed by atoms with Crippen molar-refractivity contribution in [2.75, 3.05) is 30.2 Å². The molecule has 0 aliphatic carbocycles. The summed E-state index contributed by atoms with van der Waals surface area (Å²) < 4.78 is 10.8. The van der Waals surface area contributed by atoms with Gasteiger partial charge in [0, 0.05) is 35.4 Å².